The van der Waals surface area contributed by atoms with Crippen LogP contribution < -0.4 is 34.2 Å². The average Bonchev–Trinajstić information content (AvgIpc) is 2.90. The molecule has 1 unspecified atom stereocenters. The van der Waals surface area contributed by atoms with Gasteiger partial charge in [0, 0.05) is 18.2 Å². The zero-order valence-corrected chi connectivity index (χ0v) is 14.5. The fourth-order valence-corrected chi connectivity index (χ4v) is 1.64. The molecule has 6 nitrogen and oxygen atoms in total. The van der Waals surface area contributed by atoms with Gasteiger partial charge in [-0.3, -0.25) is 4.79 Å². The van der Waals surface area contributed by atoms with E-state index in [1.54, 1.807) is 12.3 Å². The third-order valence-corrected chi connectivity index (χ3v) is 2.64. The molecule has 1 atom stereocenters. The molecule has 1 aromatic heterocycles. The molecular formula is C11H11Cl2N2NaO4. The van der Waals surface area contributed by atoms with Crippen LogP contribution in [0, 0.1) is 0 Å². The first-order chi connectivity index (χ1) is 9.19. The summed E-state index contributed by atoms with van der Waals surface area (Å²) in [5, 5.41) is 4.36. The Kier molecular flexibility index (Phi) is 10.2. The maximum atomic E-state index is 11.1. The van der Waals surface area contributed by atoms with E-state index in [0.717, 1.165) is 11.3 Å². The summed E-state index contributed by atoms with van der Waals surface area (Å²) < 4.78 is 12.3. The Morgan fingerprint density at radius 3 is 2.80 bits per heavy atom. The second kappa shape index (κ2) is 10.4. The Morgan fingerprint density at radius 1 is 1.55 bits per heavy atom. The van der Waals surface area contributed by atoms with Gasteiger partial charge in [0.1, 0.15) is 11.3 Å². The van der Waals surface area contributed by atoms with E-state index >= 15 is 0 Å². The maximum absolute atomic E-state index is 11.1. The van der Waals surface area contributed by atoms with Crippen LogP contribution in [0.25, 0.3) is 0 Å². The van der Waals surface area contributed by atoms with Crippen LogP contribution in [-0.2, 0) is 14.4 Å². The van der Waals surface area contributed by atoms with Crippen molar-refractivity contribution in [2.75, 3.05) is 7.11 Å². The van der Waals surface area contributed by atoms with Gasteiger partial charge < -0.3 is 14.2 Å². The predicted molar refractivity (Wildman–Crippen MR) is 67.8 cm³/mol. The number of methoxy groups -OCH3 is 1. The van der Waals surface area contributed by atoms with Crippen LogP contribution >= 0.6 is 23.5 Å². The van der Waals surface area contributed by atoms with Crippen LogP contribution in [-0.4, -0.2) is 29.9 Å². The Morgan fingerprint density at radius 2 is 2.25 bits per heavy atom. The summed E-state index contributed by atoms with van der Waals surface area (Å²) in [7, 11) is 1.35. The summed E-state index contributed by atoms with van der Waals surface area (Å²) in [6, 6.07) is 3.51. The Labute approximate surface area is 148 Å². The van der Waals surface area contributed by atoms with Gasteiger partial charge in [0.05, 0.1) is 19.2 Å². The molecule has 1 aromatic rings. The normalized spacial score (nSPS) is 16.0. The summed E-state index contributed by atoms with van der Waals surface area (Å²) in [6.07, 6.45) is 2.14. The number of rotatable bonds is 3. The SMILES string of the molecule is COC(=O)CC1CC(c2ccc(Cl)nc2)=NO1.[Na+].[O-]Cl. The molecule has 104 valence electrons. The molecule has 0 amide bonds. The number of ether oxygens (including phenoxy) is 1. The van der Waals surface area contributed by atoms with Crippen molar-refractivity contribution >= 4 is 35.1 Å². The first-order valence-corrected chi connectivity index (χ1v) is 5.94. The van der Waals surface area contributed by atoms with Gasteiger partial charge in [0.2, 0.25) is 0 Å². The molecule has 0 fully saturated rings. The fraction of sp³-hybridized carbons (Fsp3) is 0.364. The monoisotopic (exact) mass is 328 g/mol. The summed E-state index contributed by atoms with van der Waals surface area (Å²) in [4.78, 5) is 20.2. The summed E-state index contributed by atoms with van der Waals surface area (Å²) in [6.45, 7) is 0. The zero-order chi connectivity index (χ0) is 14.3. The summed E-state index contributed by atoms with van der Waals surface area (Å²) in [5.74, 6) is -0.305. The Hall–Kier alpha value is -0.370. The minimum atomic E-state index is -0.305. The predicted octanol–water partition coefficient (Wildman–Crippen LogP) is -1.70. The van der Waals surface area contributed by atoms with Crippen LogP contribution in [0.5, 0.6) is 0 Å². The van der Waals surface area contributed by atoms with Crippen molar-refractivity contribution in [3.05, 3.63) is 29.0 Å². The zero-order valence-electron chi connectivity index (χ0n) is 11.0. The second-order valence-corrected chi connectivity index (χ2v) is 4.01. The number of hydrogen-bond acceptors (Lipinski definition) is 6. The molecule has 0 bridgehead atoms. The van der Waals surface area contributed by atoms with Crippen LogP contribution in [0.2, 0.25) is 5.15 Å². The van der Waals surface area contributed by atoms with Gasteiger partial charge >= 0.3 is 35.5 Å². The van der Waals surface area contributed by atoms with Crippen molar-refractivity contribution in [3.63, 3.8) is 0 Å². The van der Waals surface area contributed by atoms with Crippen molar-refractivity contribution in [2.24, 2.45) is 5.16 Å². The number of carbonyl (C=O) groups is 1. The third kappa shape index (κ3) is 5.95. The van der Waals surface area contributed by atoms with Gasteiger partial charge in [-0.2, -0.15) is 0 Å². The number of halogens is 2. The molecular weight excluding hydrogens is 318 g/mol. The standard InChI is InChI=1S/C11H11ClN2O3.ClO.Na/c1-16-11(15)5-8-4-9(14-17-8)7-2-3-10(12)13-6-7;1-2;/h2-3,6,8H,4-5H2,1H3;;/q;-1;+1. The molecule has 9 heteroatoms. The molecule has 2 heterocycles. The van der Waals surface area contributed by atoms with Crippen molar-refractivity contribution in [2.45, 2.75) is 18.9 Å². The van der Waals surface area contributed by atoms with Crippen LogP contribution in [0.1, 0.15) is 18.4 Å². The van der Waals surface area contributed by atoms with E-state index in [0.29, 0.717) is 11.6 Å². The van der Waals surface area contributed by atoms with E-state index in [4.69, 9.17) is 21.1 Å². The van der Waals surface area contributed by atoms with Crippen LogP contribution in [0.4, 0.5) is 0 Å². The van der Waals surface area contributed by atoms with E-state index in [1.165, 1.54) is 7.11 Å². The van der Waals surface area contributed by atoms with Gasteiger partial charge in [-0.25, -0.2) is 16.9 Å². The van der Waals surface area contributed by atoms with Gasteiger partial charge in [0.15, 0.2) is 0 Å². The summed E-state index contributed by atoms with van der Waals surface area (Å²) in [5.41, 5.74) is 1.62. The number of nitrogens with zero attached hydrogens (tertiary/aromatic N) is 2. The molecule has 0 aliphatic carbocycles. The minimum Gasteiger partial charge on any atom is -0.769 e. The molecule has 1 aliphatic rings. The van der Waals surface area contributed by atoms with Crippen LogP contribution in [0.3, 0.4) is 0 Å². The van der Waals surface area contributed by atoms with Crippen molar-refractivity contribution in [1.82, 2.24) is 4.98 Å². The third-order valence-electron chi connectivity index (χ3n) is 2.42. The van der Waals surface area contributed by atoms with Gasteiger partial charge in [-0.15, -0.1) is 0 Å². The molecule has 0 saturated carbocycles. The smallest absolute Gasteiger partial charge is 0.769 e. The number of carbonyl (C=O) groups excluding carboxylic acids is 1. The van der Waals surface area contributed by atoms with Gasteiger partial charge in [-0.05, 0) is 12.1 Å². The molecule has 0 spiro atoms. The van der Waals surface area contributed by atoms with Crippen molar-refractivity contribution in [3.8, 4) is 0 Å². The topological polar surface area (TPSA) is 83.8 Å². The molecule has 0 saturated heterocycles. The quantitative estimate of drug-likeness (QED) is 0.375. The molecule has 20 heavy (non-hydrogen) atoms. The van der Waals surface area contributed by atoms with E-state index in [9.17, 15) is 4.79 Å². The van der Waals surface area contributed by atoms with Crippen LogP contribution in [0.15, 0.2) is 23.5 Å². The number of esters is 1. The maximum Gasteiger partial charge on any atom is 1.00 e. The summed E-state index contributed by atoms with van der Waals surface area (Å²) >= 11 is 9.08. The molecule has 2 rings (SSSR count). The molecule has 0 aromatic carbocycles. The Balaban J connectivity index is 0.00000115. The Bertz CT molecular complexity index is 456. The molecule has 0 radical (unpaired) electrons. The van der Waals surface area contributed by atoms with Crippen molar-refractivity contribution in [1.29, 1.82) is 0 Å². The number of aromatic nitrogens is 1. The van der Waals surface area contributed by atoms with Gasteiger partial charge in [0.25, 0.3) is 0 Å². The largest absolute Gasteiger partial charge is 1.00 e. The number of pyridine rings is 1. The van der Waals surface area contributed by atoms with E-state index in [2.05, 4.69) is 26.7 Å². The second-order valence-electron chi connectivity index (χ2n) is 3.62. The average molecular weight is 329 g/mol. The first-order valence-electron chi connectivity index (χ1n) is 5.26. The molecule has 1 aliphatic heterocycles. The fourth-order valence-electron chi connectivity index (χ4n) is 1.52. The van der Waals surface area contributed by atoms with E-state index in [-0.39, 0.29) is 48.1 Å². The minimum absolute atomic E-state index is 0. The number of hydrogen-bond donors (Lipinski definition) is 0. The van der Waals surface area contributed by atoms with E-state index in [1.807, 2.05) is 6.07 Å². The van der Waals surface area contributed by atoms with E-state index < -0.39 is 0 Å². The van der Waals surface area contributed by atoms with Crippen molar-refractivity contribution < 1.29 is 48.6 Å². The first kappa shape index (κ1) is 19.6. The number of oxime groups is 1. The van der Waals surface area contributed by atoms with Gasteiger partial charge in [-0.1, -0.05) is 16.8 Å². The molecule has 0 N–H and O–H groups in total.